The third kappa shape index (κ3) is 7.35. The maximum absolute atomic E-state index is 13.6. The first-order valence-corrected chi connectivity index (χ1v) is 13.8. The van der Waals surface area contributed by atoms with Crippen LogP contribution in [-0.4, -0.2) is 57.1 Å². The number of carbonyl (C=O) groups excluding carboxylic acids is 2. The molecule has 0 aliphatic heterocycles. The number of rotatable bonds is 10. The largest absolute Gasteiger partial charge is 0.497 e. The molecule has 1 atom stereocenters. The molecule has 1 aliphatic carbocycles. The van der Waals surface area contributed by atoms with Crippen molar-refractivity contribution in [2.24, 2.45) is 0 Å². The lowest BCUT2D eigenvalue weighted by Crippen LogP contribution is -2.52. The highest BCUT2D eigenvalue weighted by Gasteiger charge is 2.31. The van der Waals surface area contributed by atoms with Gasteiger partial charge < -0.3 is 15.0 Å². The van der Waals surface area contributed by atoms with Crippen molar-refractivity contribution in [2.75, 3.05) is 24.2 Å². The first-order chi connectivity index (χ1) is 16.6. The summed E-state index contributed by atoms with van der Waals surface area (Å²) in [6.45, 7) is 1.33. The Balaban J connectivity index is 1.88. The highest BCUT2D eigenvalue weighted by Crippen LogP contribution is 2.24. The molecule has 35 heavy (non-hydrogen) atoms. The number of hydrogen-bond acceptors (Lipinski definition) is 5. The van der Waals surface area contributed by atoms with Crippen molar-refractivity contribution in [2.45, 2.75) is 51.2 Å². The number of benzene rings is 2. The molecule has 190 valence electrons. The lowest BCUT2D eigenvalue weighted by atomic mass is 10.1. The average Bonchev–Trinajstić information content (AvgIpc) is 3.33. The van der Waals surface area contributed by atoms with Gasteiger partial charge in [-0.15, -0.1) is 0 Å². The maximum Gasteiger partial charge on any atom is 0.244 e. The lowest BCUT2D eigenvalue weighted by Gasteiger charge is -2.32. The Morgan fingerprint density at radius 3 is 2.40 bits per heavy atom. The van der Waals surface area contributed by atoms with Gasteiger partial charge >= 0.3 is 0 Å². The summed E-state index contributed by atoms with van der Waals surface area (Å²) in [6.07, 6.45) is 5.01. The Hall–Kier alpha value is -2.78. The van der Waals surface area contributed by atoms with Crippen LogP contribution in [-0.2, 0) is 26.2 Å². The summed E-state index contributed by atoms with van der Waals surface area (Å²) in [5.41, 5.74) is 1.07. The number of anilines is 1. The van der Waals surface area contributed by atoms with Gasteiger partial charge in [-0.05, 0) is 49.6 Å². The molecule has 2 aromatic rings. The zero-order valence-electron chi connectivity index (χ0n) is 20.2. The monoisotopic (exact) mass is 521 g/mol. The Bertz CT molecular complexity index is 1130. The fourth-order valence-electron chi connectivity index (χ4n) is 4.14. The van der Waals surface area contributed by atoms with Gasteiger partial charge in [0.1, 0.15) is 18.3 Å². The fraction of sp³-hybridized carbons (Fsp3) is 0.440. The van der Waals surface area contributed by atoms with Gasteiger partial charge in [0.25, 0.3) is 0 Å². The van der Waals surface area contributed by atoms with Crippen molar-refractivity contribution >= 4 is 39.1 Å². The summed E-state index contributed by atoms with van der Waals surface area (Å²) < 4.78 is 31.5. The van der Waals surface area contributed by atoms with Crippen LogP contribution in [0.5, 0.6) is 5.75 Å². The molecule has 0 bridgehead atoms. The Kier molecular flexibility index (Phi) is 9.02. The minimum absolute atomic E-state index is 0.0988. The summed E-state index contributed by atoms with van der Waals surface area (Å²) in [4.78, 5) is 28.0. The molecule has 0 spiro atoms. The number of nitrogens with one attached hydrogen (secondary N) is 1. The first kappa shape index (κ1) is 26.8. The van der Waals surface area contributed by atoms with Gasteiger partial charge in [0.05, 0.1) is 19.1 Å². The van der Waals surface area contributed by atoms with E-state index < -0.39 is 28.5 Å². The SMILES string of the molecule is COc1cccc(N(CC(=O)N(Cc2ccc(Cl)cc2)[C@H](C)C(=O)NC2CCCC2)S(C)(=O)=O)c1. The second-order valence-corrected chi connectivity index (χ2v) is 11.1. The quantitative estimate of drug-likeness (QED) is 0.515. The van der Waals surface area contributed by atoms with Crippen molar-refractivity contribution in [1.29, 1.82) is 0 Å². The predicted octanol–water partition coefficient (Wildman–Crippen LogP) is 3.59. The number of methoxy groups -OCH3 is 1. The van der Waals surface area contributed by atoms with Crippen LogP contribution in [0, 0.1) is 0 Å². The topological polar surface area (TPSA) is 96.0 Å². The van der Waals surface area contributed by atoms with Crippen molar-refractivity contribution in [3.8, 4) is 5.75 Å². The van der Waals surface area contributed by atoms with Gasteiger partial charge in [0.2, 0.25) is 21.8 Å². The summed E-state index contributed by atoms with van der Waals surface area (Å²) in [7, 11) is -2.32. The van der Waals surface area contributed by atoms with Gasteiger partial charge in [0, 0.05) is 23.7 Å². The molecule has 0 radical (unpaired) electrons. The van der Waals surface area contributed by atoms with E-state index in [1.54, 1.807) is 55.5 Å². The van der Waals surface area contributed by atoms with Crippen LogP contribution in [0.1, 0.15) is 38.2 Å². The molecule has 0 saturated heterocycles. The number of halogens is 1. The second-order valence-electron chi connectivity index (χ2n) is 8.79. The van der Waals surface area contributed by atoms with Crippen molar-refractivity contribution < 1.29 is 22.7 Å². The normalized spacial score (nSPS) is 14.9. The second kappa shape index (κ2) is 11.8. The highest BCUT2D eigenvalue weighted by atomic mass is 35.5. The van der Waals surface area contributed by atoms with Crippen LogP contribution in [0.15, 0.2) is 48.5 Å². The fourth-order valence-corrected chi connectivity index (χ4v) is 5.11. The average molecular weight is 522 g/mol. The van der Waals surface area contributed by atoms with Crippen LogP contribution in [0.3, 0.4) is 0 Å². The van der Waals surface area contributed by atoms with Gasteiger partial charge in [-0.25, -0.2) is 8.42 Å². The molecule has 0 unspecified atom stereocenters. The summed E-state index contributed by atoms with van der Waals surface area (Å²) >= 11 is 6.00. The van der Waals surface area contributed by atoms with Gasteiger partial charge in [-0.1, -0.05) is 42.6 Å². The molecule has 2 aromatic carbocycles. The minimum atomic E-state index is -3.80. The Morgan fingerprint density at radius 2 is 1.80 bits per heavy atom. The van der Waals surface area contributed by atoms with Crippen molar-refractivity contribution in [3.63, 3.8) is 0 Å². The molecular formula is C25H32ClN3O5S. The van der Waals surface area contributed by atoms with E-state index in [2.05, 4.69) is 5.32 Å². The van der Waals surface area contributed by atoms with E-state index in [-0.39, 0.29) is 18.5 Å². The molecule has 8 nitrogen and oxygen atoms in total. The maximum atomic E-state index is 13.6. The number of sulfonamides is 1. The van der Waals surface area contributed by atoms with Crippen LogP contribution >= 0.6 is 11.6 Å². The van der Waals surface area contributed by atoms with Crippen molar-refractivity contribution in [1.82, 2.24) is 10.2 Å². The van der Waals surface area contributed by atoms with Crippen LogP contribution in [0.2, 0.25) is 5.02 Å². The lowest BCUT2D eigenvalue weighted by molar-refractivity contribution is -0.139. The van der Waals surface area contributed by atoms with Gasteiger partial charge in [0.15, 0.2) is 0 Å². The smallest absolute Gasteiger partial charge is 0.244 e. The van der Waals surface area contributed by atoms with E-state index in [1.165, 1.54) is 12.0 Å². The zero-order chi connectivity index (χ0) is 25.6. The van der Waals surface area contributed by atoms with E-state index in [1.807, 2.05) is 0 Å². The Labute approximate surface area is 212 Å². The Morgan fingerprint density at radius 1 is 1.14 bits per heavy atom. The van der Waals surface area contributed by atoms with E-state index in [9.17, 15) is 18.0 Å². The number of ether oxygens (including phenoxy) is 1. The molecule has 1 saturated carbocycles. The summed E-state index contributed by atoms with van der Waals surface area (Å²) in [6, 6.07) is 12.8. The zero-order valence-corrected chi connectivity index (χ0v) is 21.8. The molecule has 10 heteroatoms. The van der Waals surface area contributed by atoms with Crippen LogP contribution in [0.25, 0.3) is 0 Å². The van der Waals surface area contributed by atoms with Crippen LogP contribution < -0.4 is 14.4 Å². The van der Waals surface area contributed by atoms with E-state index in [0.29, 0.717) is 16.5 Å². The number of amides is 2. The molecule has 1 aliphatic rings. The van der Waals surface area contributed by atoms with Crippen LogP contribution in [0.4, 0.5) is 5.69 Å². The number of hydrogen-bond donors (Lipinski definition) is 1. The molecule has 2 amide bonds. The van der Waals surface area contributed by atoms with E-state index >= 15 is 0 Å². The summed E-state index contributed by atoms with van der Waals surface area (Å²) in [5.74, 6) is -0.292. The summed E-state index contributed by atoms with van der Waals surface area (Å²) in [5, 5.41) is 3.59. The third-order valence-electron chi connectivity index (χ3n) is 6.16. The van der Waals surface area contributed by atoms with E-state index in [0.717, 1.165) is 41.8 Å². The molecule has 0 heterocycles. The van der Waals surface area contributed by atoms with Gasteiger partial charge in [-0.3, -0.25) is 13.9 Å². The highest BCUT2D eigenvalue weighted by molar-refractivity contribution is 7.92. The standard InChI is InChI=1S/C25H32ClN3O5S/c1-18(25(31)27-21-7-4-5-8-21)28(16-19-11-13-20(26)14-12-19)24(30)17-29(35(3,32)33)22-9-6-10-23(15-22)34-2/h6,9-15,18,21H,4-5,7-8,16-17H2,1-3H3,(H,27,31)/t18-/m1/s1. The first-order valence-electron chi connectivity index (χ1n) is 11.5. The predicted molar refractivity (Wildman–Crippen MR) is 137 cm³/mol. The number of carbonyl (C=O) groups is 2. The van der Waals surface area contributed by atoms with E-state index in [4.69, 9.17) is 16.3 Å². The molecule has 3 rings (SSSR count). The molecule has 0 aromatic heterocycles. The number of nitrogens with zero attached hydrogens (tertiary/aromatic N) is 2. The molecule has 1 fully saturated rings. The molecular weight excluding hydrogens is 490 g/mol. The van der Waals surface area contributed by atoms with Crippen molar-refractivity contribution in [3.05, 3.63) is 59.1 Å². The third-order valence-corrected chi connectivity index (χ3v) is 7.55. The van der Waals surface area contributed by atoms with Gasteiger partial charge in [-0.2, -0.15) is 0 Å². The minimum Gasteiger partial charge on any atom is -0.497 e. The molecule has 1 N–H and O–H groups in total.